The van der Waals surface area contributed by atoms with Gasteiger partial charge in [-0.3, -0.25) is 9.69 Å². The molecule has 5 atom stereocenters. The summed E-state index contributed by atoms with van der Waals surface area (Å²) in [5.74, 6) is -2.44. The van der Waals surface area contributed by atoms with Crippen molar-refractivity contribution in [3.8, 4) is 11.1 Å². The Hall–Kier alpha value is -5.76. The van der Waals surface area contributed by atoms with Crippen LogP contribution in [0.4, 0.5) is 9.59 Å². The summed E-state index contributed by atoms with van der Waals surface area (Å²) in [6.45, 7) is 8.21. The van der Waals surface area contributed by atoms with Gasteiger partial charge in [0.2, 0.25) is 5.91 Å². The molecule has 1 fully saturated rings. The highest BCUT2D eigenvalue weighted by atomic mass is 32.1. The highest BCUT2D eigenvalue weighted by Crippen LogP contribution is 2.44. The fraction of sp³-hybridized carbons (Fsp3) is 0.447. The largest absolute Gasteiger partial charge is 0.464 e. The van der Waals surface area contributed by atoms with Crippen LogP contribution in [0.2, 0.25) is 0 Å². The normalized spacial score (nSPS) is 16.6. The number of benzene rings is 3. The third-order valence-electron chi connectivity index (χ3n) is 11.8. The van der Waals surface area contributed by atoms with Gasteiger partial charge in [-0.2, -0.15) is 0 Å². The summed E-state index contributed by atoms with van der Waals surface area (Å²) in [6, 6.07) is 23.1. The van der Waals surface area contributed by atoms with E-state index in [0.29, 0.717) is 30.8 Å². The van der Waals surface area contributed by atoms with E-state index in [9.17, 15) is 24.0 Å². The number of methoxy groups -OCH3 is 1. The van der Waals surface area contributed by atoms with Crippen LogP contribution in [0.15, 0.2) is 84.2 Å². The van der Waals surface area contributed by atoms with Gasteiger partial charge in [0.05, 0.1) is 7.11 Å². The van der Waals surface area contributed by atoms with Crippen LogP contribution in [-0.4, -0.2) is 90.3 Å². The molecule has 1 aromatic heterocycles. The molecule has 1 aliphatic heterocycles. The number of carbonyl (C=O) groups excluding carboxylic acids is 5. The summed E-state index contributed by atoms with van der Waals surface area (Å²) < 4.78 is 22.8. The van der Waals surface area contributed by atoms with E-state index >= 15 is 0 Å². The fourth-order valence-electron chi connectivity index (χ4n) is 8.12. The van der Waals surface area contributed by atoms with Gasteiger partial charge in [-0.05, 0) is 58.9 Å². The highest BCUT2D eigenvalue weighted by molar-refractivity contribution is 7.09. The lowest BCUT2D eigenvalue weighted by molar-refractivity contribution is -0.156. The molecule has 13 nitrogen and oxygen atoms in total. The molecule has 0 spiro atoms. The summed E-state index contributed by atoms with van der Waals surface area (Å²) in [7, 11) is 2.92. The topological polar surface area (TPSA) is 154 Å². The maximum absolute atomic E-state index is 14.4. The minimum atomic E-state index is -1.08. The standard InChI is InChI=1S/C47H56N4O9S/c1-7-30(4)41(49-42(52)38-23-15-16-24-51(38)47(56)58-26-31-17-9-8-10-18-31)45(54)60-40(43-48-37(28-61-43)44(53)57-6)25-39(29(2)3)50(5)46(55)59-27-36-34-21-13-11-19-32(34)33-20-12-14-22-35(33)36/h8-14,17-22,28-30,36,38-41H,7,15-16,23-27H2,1-6H3,(H,49,52)/t30?,38-,39-,40-,41+/m1/s1. The zero-order chi connectivity index (χ0) is 43.6. The number of ether oxygens (including phenoxy) is 4. The van der Waals surface area contributed by atoms with Gasteiger partial charge in [-0.25, -0.2) is 24.2 Å². The summed E-state index contributed by atoms with van der Waals surface area (Å²) in [6.07, 6.45) is 0.331. The third kappa shape index (κ3) is 10.6. The molecule has 0 saturated carbocycles. The van der Waals surface area contributed by atoms with Crippen molar-refractivity contribution in [2.75, 3.05) is 27.3 Å². The molecular formula is C47H56N4O9S. The van der Waals surface area contributed by atoms with Crippen LogP contribution in [0.1, 0.15) is 104 Å². The molecule has 4 aromatic rings. The van der Waals surface area contributed by atoms with Crippen molar-refractivity contribution >= 4 is 41.4 Å². The van der Waals surface area contributed by atoms with Gasteiger partial charge in [-0.1, -0.05) is 113 Å². The molecular weight excluding hydrogens is 797 g/mol. The molecule has 2 aliphatic rings. The van der Waals surface area contributed by atoms with Crippen molar-refractivity contribution in [2.24, 2.45) is 11.8 Å². The van der Waals surface area contributed by atoms with Crippen LogP contribution in [0.5, 0.6) is 0 Å². The number of nitrogens with one attached hydrogen (secondary N) is 1. The Balaban J connectivity index is 1.18. The Morgan fingerprint density at radius 1 is 0.902 bits per heavy atom. The number of esters is 2. The number of carbonyl (C=O) groups is 5. The highest BCUT2D eigenvalue weighted by Gasteiger charge is 2.39. The van der Waals surface area contributed by atoms with E-state index in [1.54, 1.807) is 7.05 Å². The smallest absolute Gasteiger partial charge is 0.410 e. The van der Waals surface area contributed by atoms with Crippen LogP contribution in [0.3, 0.4) is 0 Å². The molecule has 0 radical (unpaired) electrons. The van der Waals surface area contributed by atoms with Crippen LogP contribution >= 0.6 is 11.3 Å². The van der Waals surface area contributed by atoms with E-state index in [0.717, 1.165) is 45.6 Å². The number of thiazole rings is 1. The number of fused-ring (bicyclic) bond motifs is 3. The zero-order valence-corrected chi connectivity index (χ0v) is 36.5. The third-order valence-corrected chi connectivity index (χ3v) is 12.7. The lowest BCUT2D eigenvalue weighted by Gasteiger charge is -2.36. The molecule has 324 valence electrons. The summed E-state index contributed by atoms with van der Waals surface area (Å²) in [5, 5.41) is 4.78. The minimum absolute atomic E-state index is 0.0536. The second-order valence-electron chi connectivity index (χ2n) is 16.1. The molecule has 1 unspecified atom stereocenters. The number of hydrogen-bond donors (Lipinski definition) is 1. The molecule has 1 N–H and O–H groups in total. The first kappa shape index (κ1) is 44.8. The molecule has 1 aliphatic carbocycles. The SMILES string of the molecule is CCC(C)[C@H](NC(=O)[C@H]1CCCCN1C(=O)OCc1ccccc1)C(=O)O[C@H](C[C@H](C(C)C)N(C)C(=O)OCC1c2ccccc2-c2ccccc21)c1nc(C(=O)OC)cs1. The number of amides is 3. The van der Waals surface area contributed by atoms with Gasteiger partial charge in [0, 0.05) is 37.4 Å². The van der Waals surface area contributed by atoms with E-state index in [1.807, 2.05) is 82.3 Å². The minimum Gasteiger partial charge on any atom is -0.464 e. The predicted octanol–water partition coefficient (Wildman–Crippen LogP) is 8.53. The average molecular weight is 853 g/mol. The van der Waals surface area contributed by atoms with Crippen molar-refractivity contribution in [2.45, 2.75) is 96.6 Å². The summed E-state index contributed by atoms with van der Waals surface area (Å²) in [5.41, 5.74) is 5.31. The van der Waals surface area contributed by atoms with E-state index in [-0.39, 0.29) is 43.1 Å². The van der Waals surface area contributed by atoms with Gasteiger partial charge in [-0.15, -0.1) is 11.3 Å². The van der Waals surface area contributed by atoms with Gasteiger partial charge in [0.1, 0.15) is 30.3 Å². The van der Waals surface area contributed by atoms with Crippen molar-refractivity contribution < 1.29 is 42.9 Å². The van der Waals surface area contributed by atoms with Crippen molar-refractivity contribution in [1.82, 2.24) is 20.1 Å². The Morgan fingerprint density at radius 3 is 2.20 bits per heavy atom. The van der Waals surface area contributed by atoms with Crippen LogP contribution < -0.4 is 5.32 Å². The van der Waals surface area contributed by atoms with Crippen LogP contribution in [0, 0.1) is 11.8 Å². The Morgan fingerprint density at radius 2 is 1.56 bits per heavy atom. The number of nitrogens with zero attached hydrogens (tertiary/aromatic N) is 3. The number of aromatic nitrogens is 1. The summed E-state index contributed by atoms with van der Waals surface area (Å²) in [4.78, 5) is 75.5. The first-order valence-corrected chi connectivity index (χ1v) is 21.9. The zero-order valence-electron chi connectivity index (χ0n) is 35.7. The number of hydrogen-bond acceptors (Lipinski definition) is 11. The monoisotopic (exact) mass is 852 g/mol. The van der Waals surface area contributed by atoms with Gasteiger partial charge in [0.15, 0.2) is 11.8 Å². The second-order valence-corrected chi connectivity index (χ2v) is 17.0. The molecule has 0 bridgehead atoms. The fourth-order valence-corrected chi connectivity index (χ4v) is 8.95. The van der Waals surface area contributed by atoms with Gasteiger partial charge < -0.3 is 29.2 Å². The molecule has 2 heterocycles. The second kappa shape index (κ2) is 20.7. The van der Waals surface area contributed by atoms with E-state index < -0.39 is 54.3 Å². The molecule has 1 saturated heterocycles. The van der Waals surface area contributed by atoms with Crippen LogP contribution in [-0.2, 0) is 35.1 Å². The van der Waals surface area contributed by atoms with E-state index in [1.165, 1.54) is 22.3 Å². The number of likely N-dealkylation sites (tertiary alicyclic amines) is 1. The molecule has 14 heteroatoms. The number of rotatable bonds is 16. The Kier molecular flexibility index (Phi) is 15.2. The Labute approximate surface area is 361 Å². The van der Waals surface area contributed by atoms with Gasteiger partial charge in [0.25, 0.3) is 0 Å². The van der Waals surface area contributed by atoms with Crippen LogP contribution in [0.25, 0.3) is 11.1 Å². The van der Waals surface area contributed by atoms with Crippen molar-refractivity contribution in [3.05, 3.63) is 112 Å². The van der Waals surface area contributed by atoms with Crippen molar-refractivity contribution in [1.29, 1.82) is 0 Å². The lowest BCUT2D eigenvalue weighted by Crippen LogP contribution is -2.56. The average Bonchev–Trinajstić information content (AvgIpc) is 3.91. The molecule has 6 rings (SSSR count). The number of piperidine rings is 1. The molecule has 3 aromatic carbocycles. The maximum atomic E-state index is 14.4. The molecule has 61 heavy (non-hydrogen) atoms. The van der Waals surface area contributed by atoms with E-state index in [4.69, 9.17) is 18.9 Å². The molecule has 3 amide bonds. The Bertz CT molecular complexity index is 2110. The first-order valence-electron chi connectivity index (χ1n) is 21.0. The van der Waals surface area contributed by atoms with Gasteiger partial charge >= 0.3 is 24.1 Å². The predicted molar refractivity (Wildman–Crippen MR) is 231 cm³/mol. The van der Waals surface area contributed by atoms with Crippen molar-refractivity contribution in [3.63, 3.8) is 0 Å². The summed E-state index contributed by atoms with van der Waals surface area (Å²) >= 11 is 1.13. The quantitative estimate of drug-likeness (QED) is 0.0857. The maximum Gasteiger partial charge on any atom is 0.410 e. The van der Waals surface area contributed by atoms with E-state index in [2.05, 4.69) is 34.6 Å². The first-order chi connectivity index (χ1) is 29.4. The lowest BCUT2D eigenvalue weighted by atomic mass is 9.95.